The molecule has 0 aliphatic rings. The molecule has 0 bridgehead atoms. The van der Waals surface area contributed by atoms with Crippen LogP contribution in [0.25, 0.3) is 0 Å². The standard InChI is InChI=1S/C10H20N2O3/c1-5-6-7(8(11)13)12-9(14)15-10(2,3)4/h7H,5-6H2,1-4H3,(H2,11,13)(H,12,14). The normalized spacial score (nSPS) is 13.1. The number of carbonyl (C=O) groups is 2. The van der Waals surface area contributed by atoms with E-state index in [4.69, 9.17) is 10.5 Å². The first-order chi connectivity index (χ1) is 6.76. The number of nitrogens with one attached hydrogen (secondary N) is 1. The van der Waals surface area contributed by atoms with Crippen LogP contribution in [0, 0.1) is 0 Å². The second-order valence-electron chi connectivity index (χ2n) is 4.39. The highest BCUT2D eigenvalue weighted by Crippen LogP contribution is 2.07. The van der Waals surface area contributed by atoms with Crippen LogP contribution >= 0.6 is 0 Å². The van der Waals surface area contributed by atoms with Crippen molar-refractivity contribution in [2.45, 2.75) is 52.2 Å². The molecule has 2 amide bonds. The molecule has 0 spiro atoms. The summed E-state index contributed by atoms with van der Waals surface area (Å²) in [6.07, 6.45) is 0.678. The molecule has 0 aliphatic heterocycles. The summed E-state index contributed by atoms with van der Waals surface area (Å²) >= 11 is 0. The van der Waals surface area contributed by atoms with Gasteiger partial charge in [0.2, 0.25) is 5.91 Å². The Hall–Kier alpha value is -1.26. The van der Waals surface area contributed by atoms with Gasteiger partial charge in [-0.2, -0.15) is 0 Å². The first-order valence-electron chi connectivity index (χ1n) is 5.05. The molecule has 5 nitrogen and oxygen atoms in total. The molecule has 5 heteroatoms. The number of hydrogen-bond donors (Lipinski definition) is 2. The first kappa shape index (κ1) is 13.7. The number of carbonyl (C=O) groups excluding carboxylic acids is 2. The molecule has 88 valence electrons. The molecule has 1 unspecified atom stereocenters. The summed E-state index contributed by atoms with van der Waals surface area (Å²) in [5.41, 5.74) is 4.55. The molecule has 0 rings (SSSR count). The summed E-state index contributed by atoms with van der Waals surface area (Å²) < 4.78 is 5.01. The van der Waals surface area contributed by atoms with Crippen LogP contribution in [0.3, 0.4) is 0 Å². The van der Waals surface area contributed by atoms with Crippen molar-refractivity contribution in [2.24, 2.45) is 5.73 Å². The zero-order valence-electron chi connectivity index (χ0n) is 9.79. The largest absolute Gasteiger partial charge is 0.444 e. The highest BCUT2D eigenvalue weighted by Gasteiger charge is 2.21. The van der Waals surface area contributed by atoms with Crippen LogP contribution < -0.4 is 11.1 Å². The Balaban J connectivity index is 4.18. The van der Waals surface area contributed by atoms with E-state index in [9.17, 15) is 9.59 Å². The minimum Gasteiger partial charge on any atom is -0.444 e. The lowest BCUT2D eigenvalue weighted by atomic mass is 10.1. The van der Waals surface area contributed by atoms with Gasteiger partial charge >= 0.3 is 6.09 Å². The summed E-state index contributed by atoms with van der Waals surface area (Å²) in [5, 5.41) is 2.44. The lowest BCUT2D eigenvalue weighted by Crippen LogP contribution is -2.46. The smallest absolute Gasteiger partial charge is 0.408 e. The molecule has 1 atom stereocenters. The molecule has 0 fully saturated rings. The van der Waals surface area contributed by atoms with Gasteiger partial charge in [0.15, 0.2) is 0 Å². The van der Waals surface area contributed by atoms with Gasteiger partial charge in [0.05, 0.1) is 0 Å². The number of rotatable bonds is 4. The third-order valence-electron chi connectivity index (χ3n) is 1.61. The van der Waals surface area contributed by atoms with Gasteiger partial charge in [-0.1, -0.05) is 13.3 Å². The van der Waals surface area contributed by atoms with Crippen molar-refractivity contribution < 1.29 is 14.3 Å². The highest BCUT2D eigenvalue weighted by molar-refractivity contribution is 5.84. The Bertz CT molecular complexity index is 233. The van der Waals surface area contributed by atoms with Gasteiger partial charge in [-0.25, -0.2) is 4.79 Å². The predicted octanol–water partition coefficient (Wildman–Crippen LogP) is 1.17. The average molecular weight is 216 g/mol. The molecular weight excluding hydrogens is 196 g/mol. The maximum absolute atomic E-state index is 11.3. The van der Waals surface area contributed by atoms with Crippen LogP contribution in [0.4, 0.5) is 4.79 Å². The Morgan fingerprint density at radius 3 is 2.27 bits per heavy atom. The second kappa shape index (κ2) is 5.58. The van der Waals surface area contributed by atoms with Gasteiger partial charge in [0, 0.05) is 0 Å². The van der Waals surface area contributed by atoms with Crippen LogP contribution in [0.1, 0.15) is 40.5 Å². The monoisotopic (exact) mass is 216 g/mol. The van der Waals surface area contributed by atoms with E-state index >= 15 is 0 Å². The van der Waals surface area contributed by atoms with E-state index in [-0.39, 0.29) is 0 Å². The van der Waals surface area contributed by atoms with Crippen molar-refractivity contribution >= 4 is 12.0 Å². The third kappa shape index (κ3) is 6.76. The quantitative estimate of drug-likeness (QED) is 0.740. The number of alkyl carbamates (subject to hydrolysis) is 1. The number of ether oxygens (including phenoxy) is 1. The van der Waals surface area contributed by atoms with E-state index in [1.165, 1.54) is 0 Å². The highest BCUT2D eigenvalue weighted by atomic mass is 16.6. The van der Waals surface area contributed by atoms with Gasteiger partial charge in [-0.3, -0.25) is 4.79 Å². The van der Waals surface area contributed by atoms with Gasteiger partial charge in [-0.15, -0.1) is 0 Å². The second-order valence-corrected chi connectivity index (χ2v) is 4.39. The third-order valence-corrected chi connectivity index (χ3v) is 1.61. The molecule has 0 saturated heterocycles. The average Bonchev–Trinajstić information content (AvgIpc) is 1.99. The summed E-state index contributed by atoms with van der Waals surface area (Å²) in [7, 11) is 0. The molecule has 0 aromatic rings. The van der Waals surface area contributed by atoms with Gasteiger partial charge < -0.3 is 15.8 Å². The maximum Gasteiger partial charge on any atom is 0.408 e. The lowest BCUT2D eigenvalue weighted by Gasteiger charge is -2.22. The number of amides is 2. The molecular formula is C10H20N2O3. The molecule has 0 radical (unpaired) electrons. The van der Waals surface area contributed by atoms with Crippen LogP contribution in [0.5, 0.6) is 0 Å². The van der Waals surface area contributed by atoms with Gasteiger partial charge in [0.1, 0.15) is 11.6 Å². The molecule has 0 saturated carbocycles. The van der Waals surface area contributed by atoms with E-state index < -0.39 is 23.6 Å². The minimum absolute atomic E-state index is 0.522. The van der Waals surface area contributed by atoms with Crippen LogP contribution in [0.2, 0.25) is 0 Å². The number of primary amides is 1. The van der Waals surface area contributed by atoms with E-state index in [0.717, 1.165) is 6.42 Å². The molecule has 0 aliphatic carbocycles. The van der Waals surface area contributed by atoms with E-state index in [0.29, 0.717) is 6.42 Å². The summed E-state index contributed by atoms with van der Waals surface area (Å²) in [6, 6.07) is -0.648. The summed E-state index contributed by atoms with van der Waals surface area (Å²) in [6.45, 7) is 7.18. The van der Waals surface area contributed by atoms with Crippen LogP contribution in [-0.2, 0) is 9.53 Å². The van der Waals surface area contributed by atoms with Crippen molar-refractivity contribution in [3.05, 3.63) is 0 Å². The Morgan fingerprint density at radius 1 is 1.40 bits per heavy atom. The fourth-order valence-electron chi connectivity index (χ4n) is 1.02. The fraction of sp³-hybridized carbons (Fsp3) is 0.800. The van der Waals surface area contributed by atoms with Gasteiger partial charge in [-0.05, 0) is 27.2 Å². The van der Waals surface area contributed by atoms with Crippen LogP contribution in [0.15, 0.2) is 0 Å². The van der Waals surface area contributed by atoms with Gasteiger partial charge in [0.25, 0.3) is 0 Å². The number of nitrogens with two attached hydrogens (primary N) is 1. The molecule has 15 heavy (non-hydrogen) atoms. The van der Waals surface area contributed by atoms with Crippen molar-refractivity contribution in [3.63, 3.8) is 0 Å². The lowest BCUT2D eigenvalue weighted by molar-refractivity contribution is -0.120. The Kier molecular flexibility index (Phi) is 5.11. The van der Waals surface area contributed by atoms with E-state index in [1.54, 1.807) is 20.8 Å². The van der Waals surface area contributed by atoms with Crippen molar-refractivity contribution in [3.8, 4) is 0 Å². The fourth-order valence-corrected chi connectivity index (χ4v) is 1.02. The maximum atomic E-state index is 11.3. The molecule has 0 aromatic heterocycles. The zero-order valence-corrected chi connectivity index (χ0v) is 9.79. The topological polar surface area (TPSA) is 81.4 Å². The Labute approximate surface area is 90.4 Å². The first-order valence-corrected chi connectivity index (χ1v) is 5.05. The van der Waals surface area contributed by atoms with Crippen LogP contribution in [-0.4, -0.2) is 23.6 Å². The molecule has 0 heterocycles. The number of hydrogen-bond acceptors (Lipinski definition) is 3. The Morgan fingerprint density at radius 2 is 1.93 bits per heavy atom. The molecule has 0 aromatic carbocycles. The van der Waals surface area contributed by atoms with Crippen molar-refractivity contribution in [1.82, 2.24) is 5.32 Å². The summed E-state index contributed by atoms with van der Waals surface area (Å²) in [4.78, 5) is 22.2. The van der Waals surface area contributed by atoms with E-state index in [1.807, 2.05) is 6.92 Å². The SMILES string of the molecule is CCCC(NC(=O)OC(C)(C)C)C(N)=O. The van der Waals surface area contributed by atoms with Crippen molar-refractivity contribution in [1.29, 1.82) is 0 Å². The minimum atomic E-state index is -0.648. The van der Waals surface area contributed by atoms with Crippen molar-refractivity contribution in [2.75, 3.05) is 0 Å². The molecule has 3 N–H and O–H groups in total. The summed E-state index contributed by atoms with van der Waals surface area (Å²) in [5.74, 6) is -0.539. The predicted molar refractivity (Wildman–Crippen MR) is 57.3 cm³/mol. The van der Waals surface area contributed by atoms with E-state index in [2.05, 4.69) is 5.32 Å². The zero-order chi connectivity index (χ0) is 12.1.